The van der Waals surface area contributed by atoms with Gasteiger partial charge >= 0.3 is 0 Å². The number of anilines is 1. The monoisotopic (exact) mass is 277 g/mol. The van der Waals surface area contributed by atoms with E-state index < -0.39 is 5.82 Å². The number of rotatable bonds is 1. The fourth-order valence-electron chi connectivity index (χ4n) is 2.20. The van der Waals surface area contributed by atoms with Crippen molar-refractivity contribution in [2.45, 2.75) is 26.7 Å². The van der Waals surface area contributed by atoms with Gasteiger partial charge in [-0.1, -0.05) is 25.4 Å². The summed E-state index contributed by atoms with van der Waals surface area (Å²) in [5.41, 5.74) is 0.147. The van der Waals surface area contributed by atoms with Gasteiger partial charge in [0, 0.05) is 13.1 Å². The van der Waals surface area contributed by atoms with Gasteiger partial charge in [0.15, 0.2) is 11.0 Å². The molecule has 0 unspecified atom stereocenters. The smallest absolute Gasteiger partial charge is 0.225 e. The molecule has 17 heavy (non-hydrogen) atoms. The van der Waals surface area contributed by atoms with Crippen LogP contribution in [-0.2, 0) is 0 Å². The second-order valence-electron chi connectivity index (χ2n) is 5.11. The van der Waals surface area contributed by atoms with Crippen LogP contribution in [0.15, 0.2) is 0 Å². The van der Waals surface area contributed by atoms with Crippen LogP contribution < -0.4 is 4.90 Å². The Kier molecular flexibility index (Phi) is 3.46. The van der Waals surface area contributed by atoms with Crippen LogP contribution in [0.2, 0.25) is 10.4 Å². The summed E-state index contributed by atoms with van der Waals surface area (Å²) in [5, 5.41) is -0.238. The van der Waals surface area contributed by atoms with Crippen molar-refractivity contribution >= 4 is 29.0 Å². The highest BCUT2D eigenvalue weighted by atomic mass is 35.5. The molecule has 2 heterocycles. The van der Waals surface area contributed by atoms with E-state index in [1.165, 1.54) is 0 Å². The molecule has 1 saturated heterocycles. The highest BCUT2D eigenvalue weighted by Gasteiger charge is 2.29. The van der Waals surface area contributed by atoms with Crippen LogP contribution in [0.5, 0.6) is 0 Å². The van der Waals surface area contributed by atoms with E-state index in [1.807, 2.05) is 4.90 Å². The van der Waals surface area contributed by atoms with E-state index >= 15 is 0 Å². The number of halogens is 3. The van der Waals surface area contributed by atoms with Crippen molar-refractivity contribution in [1.82, 2.24) is 9.97 Å². The van der Waals surface area contributed by atoms with Crippen molar-refractivity contribution in [3.63, 3.8) is 0 Å². The van der Waals surface area contributed by atoms with Gasteiger partial charge in [-0.25, -0.2) is 4.98 Å². The van der Waals surface area contributed by atoms with Gasteiger partial charge in [-0.05, 0) is 29.9 Å². The third kappa shape index (κ3) is 2.80. The van der Waals surface area contributed by atoms with E-state index in [-0.39, 0.29) is 21.7 Å². The molecule has 2 rings (SSSR count). The van der Waals surface area contributed by atoms with Crippen molar-refractivity contribution in [2.24, 2.45) is 5.41 Å². The molecule has 0 aliphatic carbocycles. The van der Waals surface area contributed by atoms with Crippen LogP contribution in [0.3, 0.4) is 0 Å². The molecule has 1 aromatic heterocycles. The first-order chi connectivity index (χ1) is 7.89. The minimum atomic E-state index is -0.589. The van der Waals surface area contributed by atoms with Crippen LogP contribution >= 0.6 is 23.2 Å². The first kappa shape index (κ1) is 12.8. The average Bonchev–Trinajstić information content (AvgIpc) is 2.22. The molecule has 0 atom stereocenters. The molecule has 0 radical (unpaired) electrons. The Morgan fingerprint density at radius 2 is 2.00 bits per heavy atom. The van der Waals surface area contributed by atoms with E-state index in [2.05, 4.69) is 23.8 Å². The van der Waals surface area contributed by atoms with E-state index in [0.717, 1.165) is 25.9 Å². The van der Waals surface area contributed by atoms with Crippen molar-refractivity contribution in [1.29, 1.82) is 0 Å². The average molecular weight is 278 g/mol. The second kappa shape index (κ2) is 4.58. The molecule has 0 spiro atoms. The lowest BCUT2D eigenvalue weighted by Crippen LogP contribution is -2.41. The molecule has 94 valence electrons. The zero-order chi connectivity index (χ0) is 12.6. The van der Waals surface area contributed by atoms with Crippen molar-refractivity contribution < 1.29 is 4.39 Å². The third-order valence-corrected chi connectivity index (χ3v) is 3.39. The lowest BCUT2D eigenvalue weighted by Gasteiger charge is -2.38. The number of hydrogen-bond acceptors (Lipinski definition) is 3. The molecule has 6 heteroatoms. The molecule has 0 bridgehead atoms. The Bertz CT molecular complexity index is 437. The normalized spacial score (nSPS) is 19.5. The van der Waals surface area contributed by atoms with Crippen LogP contribution in [0, 0.1) is 11.2 Å². The van der Waals surface area contributed by atoms with Gasteiger partial charge in [0.2, 0.25) is 11.1 Å². The summed E-state index contributed by atoms with van der Waals surface area (Å²) in [6.07, 6.45) is 2.13. The summed E-state index contributed by atoms with van der Waals surface area (Å²) in [6, 6.07) is 0. The molecule has 1 aliphatic rings. The molecule has 0 amide bonds. The number of piperidine rings is 1. The summed E-state index contributed by atoms with van der Waals surface area (Å²) >= 11 is 11.4. The quantitative estimate of drug-likeness (QED) is 0.581. The Labute approximate surface area is 110 Å². The number of hydrogen-bond donors (Lipinski definition) is 0. The van der Waals surface area contributed by atoms with Gasteiger partial charge in [0.05, 0.1) is 0 Å². The maximum absolute atomic E-state index is 13.9. The van der Waals surface area contributed by atoms with E-state index in [0.29, 0.717) is 0 Å². The maximum Gasteiger partial charge on any atom is 0.225 e. The van der Waals surface area contributed by atoms with Crippen LogP contribution in [0.25, 0.3) is 0 Å². The molecule has 1 aliphatic heterocycles. The van der Waals surface area contributed by atoms with E-state index in [9.17, 15) is 4.39 Å². The topological polar surface area (TPSA) is 29.0 Å². The second-order valence-corrected chi connectivity index (χ2v) is 5.81. The Morgan fingerprint density at radius 1 is 1.29 bits per heavy atom. The largest absolute Gasteiger partial charge is 0.353 e. The molecular weight excluding hydrogens is 264 g/mol. The summed E-state index contributed by atoms with van der Waals surface area (Å²) in [4.78, 5) is 9.41. The zero-order valence-corrected chi connectivity index (χ0v) is 11.3. The fourth-order valence-corrected chi connectivity index (χ4v) is 2.57. The lowest BCUT2D eigenvalue weighted by atomic mass is 9.84. The van der Waals surface area contributed by atoms with Gasteiger partial charge in [0.1, 0.15) is 0 Å². The maximum atomic E-state index is 13.9. The highest BCUT2D eigenvalue weighted by molar-refractivity contribution is 6.32. The van der Waals surface area contributed by atoms with Crippen LogP contribution in [0.1, 0.15) is 26.7 Å². The molecule has 0 aromatic carbocycles. The van der Waals surface area contributed by atoms with Crippen molar-refractivity contribution in [3.05, 3.63) is 16.3 Å². The SMILES string of the molecule is CC1(C)CCCN(c2nc(Cl)nc(Cl)c2F)C1. The van der Waals surface area contributed by atoms with Gasteiger partial charge in [-0.15, -0.1) is 0 Å². The standard InChI is InChI=1S/C11H14Cl2FN3/c1-11(2)4-3-5-17(6-11)9-7(14)8(12)15-10(13)16-9/h3-6H2,1-2H3. The summed E-state index contributed by atoms with van der Waals surface area (Å²) < 4.78 is 13.9. The molecular formula is C11H14Cl2FN3. The molecule has 1 aromatic rings. The van der Waals surface area contributed by atoms with Crippen molar-refractivity contribution in [2.75, 3.05) is 18.0 Å². The minimum Gasteiger partial charge on any atom is -0.353 e. The van der Waals surface area contributed by atoms with Gasteiger partial charge < -0.3 is 4.90 Å². The zero-order valence-electron chi connectivity index (χ0n) is 9.80. The highest BCUT2D eigenvalue weighted by Crippen LogP contribution is 2.33. The predicted octanol–water partition coefficient (Wildman–Crippen LogP) is 3.55. The third-order valence-electron chi connectivity index (χ3n) is 2.97. The van der Waals surface area contributed by atoms with Gasteiger partial charge in [-0.2, -0.15) is 9.37 Å². The Hall–Kier alpha value is -0.610. The Balaban J connectivity index is 2.34. The first-order valence-electron chi connectivity index (χ1n) is 5.52. The van der Waals surface area contributed by atoms with E-state index in [1.54, 1.807) is 0 Å². The van der Waals surface area contributed by atoms with Gasteiger partial charge in [0.25, 0.3) is 0 Å². The number of nitrogens with zero attached hydrogens (tertiary/aromatic N) is 3. The fraction of sp³-hybridized carbons (Fsp3) is 0.636. The van der Waals surface area contributed by atoms with E-state index in [4.69, 9.17) is 23.2 Å². The molecule has 0 N–H and O–H groups in total. The summed E-state index contributed by atoms with van der Waals surface area (Å²) in [7, 11) is 0. The molecule has 3 nitrogen and oxygen atoms in total. The summed E-state index contributed by atoms with van der Waals surface area (Å²) in [5.74, 6) is -0.378. The molecule has 1 fully saturated rings. The first-order valence-corrected chi connectivity index (χ1v) is 6.28. The van der Waals surface area contributed by atoms with Crippen molar-refractivity contribution in [3.8, 4) is 0 Å². The van der Waals surface area contributed by atoms with Gasteiger partial charge in [-0.3, -0.25) is 0 Å². The minimum absolute atomic E-state index is 0.0187. The Morgan fingerprint density at radius 3 is 2.65 bits per heavy atom. The van der Waals surface area contributed by atoms with Crippen LogP contribution in [0.4, 0.5) is 10.2 Å². The molecule has 0 saturated carbocycles. The summed E-state index contributed by atoms with van der Waals surface area (Å²) in [6.45, 7) is 5.82. The number of aromatic nitrogens is 2. The predicted molar refractivity (Wildman–Crippen MR) is 67.2 cm³/mol. The van der Waals surface area contributed by atoms with Crippen LogP contribution in [-0.4, -0.2) is 23.1 Å². The lowest BCUT2D eigenvalue weighted by molar-refractivity contribution is 0.290.